The predicted octanol–water partition coefficient (Wildman–Crippen LogP) is 5.57. The third-order valence-electron chi connectivity index (χ3n) is 6.52. The molecular weight excluding hydrogens is 581 g/mol. The van der Waals surface area contributed by atoms with Crippen LogP contribution in [0.15, 0.2) is 114 Å². The SMILES string of the molecule is CNC(=O)[C@H](Cc1ccccc1)N(Cc1ccccc1)C(=O)CN(c1cccc(Cl)c1Cl)S(=O)(=O)c1ccccc1. The molecule has 0 saturated carbocycles. The fraction of sp³-hybridized carbons (Fsp3) is 0.161. The van der Waals surface area contributed by atoms with E-state index in [0.29, 0.717) is 0 Å². The monoisotopic (exact) mass is 609 g/mol. The van der Waals surface area contributed by atoms with E-state index in [0.717, 1.165) is 15.4 Å². The van der Waals surface area contributed by atoms with E-state index in [9.17, 15) is 18.0 Å². The van der Waals surface area contributed by atoms with Gasteiger partial charge >= 0.3 is 0 Å². The summed E-state index contributed by atoms with van der Waals surface area (Å²) in [5, 5.41) is 2.79. The summed E-state index contributed by atoms with van der Waals surface area (Å²) in [4.78, 5) is 28.9. The van der Waals surface area contributed by atoms with Crippen molar-refractivity contribution in [3.8, 4) is 0 Å². The number of benzene rings is 4. The van der Waals surface area contributed by atoms with Crippen molar-refractivity contribution in [2.24, 2.45) is 0 Å². The third-order valence-corrected chi connectivity index (χ3v) is 9.11. The standard InChI is InChI=1S/C31H29Cl2N3O4S/c1-34-31(38)28(20-23-12-5-2-6-13-23)35(21-24-14-7-3-8-15-24)29(37)22-36(27-19-11-18-26(32)30(27)33)41(39,40)25-16-9-4-10-17-25/h2-19,28H,20-22H2,1H3,(H,34,38)/t28-/m0/s1. The van der Waals surface area contributed by atoms with Gasteiger partial charge in [-0.3, -0.25) is 13.9 Å². The molecule has 0 spiro atoms. The van der Waals surface area contributed by atoms with Crippen molar-refractivity contribution in [3.63, 3.8) is 0 Å². The highest BCUT2D eigenvalue weighted by molar-refractivity contribution is 7.92. The Balaban J connectivity index is 1.80. The highest BCUT2D eigenvalue weighted by atomic mass is 35.5. The van der Waals surface area contributed by atoms with Crippen molar-refractivity contribution < 1.29 is 18.0 Å². The molecule has 0 aromatic heterocycles. The number of hydrogen-bond donors (Lipinski definition) is 1. The maximum atomic E-state index is 14.2. The number of likely N-dealkylation sites (N-methyl/N-ethyl adjacent to an activating group) is 1. The largest absolute Gasteiger partial charge is 0.357 e. The lowest BCUT2D eigenvalue weighted by Gasteiger charge is -2.33. The number of sulfonamides is 1. The summed E-state index contributed by atoms with van der Waals surface area (Å²) in [5.74, 6) is -0.967. The van der Waals surface area contributed by atoms with Crippen LogP contribution in [0.25, 0.3) is 0 Å². The molecule has 0 aliphatic heterocycles. The maximum Gasteiger partial charge on any atom is 0.264 e. The number of nitrogens with zero attached hydrogens (tertiary/aromatic N) is 2. The number of rotatable bonds is 11. The molecule has 0 unspecified atom stereocenters. The second kappa shape index (κ2) is 13.7. The Morgan fingerprint density at radius 3 is 1.93 bits per heavy atom. The van der Waals surface area contributed by atoms with Gasteiger partial charge < -0.3 is 10.2 Å². The van der Waals surface area contributed by atoms with E-state index in [2.05, 4.69) is 5.32 Å². The molecule has 4 rings (SSSR count). The van der Waals surface area contributed by atoms with Crippen molar-refractivity contribution in [2.75, 3.05) is 17.9 Å². The van der Waals surface area contributed by atoms with Gasteiger partial charge in [0.05, 0.1) is 20.6 Å². The lowest BCUT2D eigenvalue weighted by Crippen LogP contribution is -2.53. The van der Waals surface area contributed by atoms with Crippen LogP contribution in [0.4, 0.5) is 5.69 Å². The average molecular weight is 611 g/mol. The van der Waals surface area contributed by atoms with E-state index in [1.165, 1.54) is 36.2 Å². The molecule has 41 heavy (non-hydrogen) atoms. The van der Waals surface area contributed by atoms with Crippen molar-refractivity contribution >= 4 is 50.7 Å². The molecule has 0 radical (unpaired) electrons. The Kier molecular flexibility index (Phi) is 10.0. The van der Waals surface area contributed by atoms with Crippen LogP contribution in [0, 0.1) is 0 Å². The summed E-state index contributed by atoms with van der Waals surface area (Å²) < 4.78 is 28.8. The normalized spacial score (nSPS) is 11.9. The van der Waals surface area contributed by atoms with Crippen LogP contribution in [0.5, 0.6) is 0 Å². The molecule has 0 bridgehead atoms. The number of anilines is 1. The Labute approximate surface area is 250 Å². The van der Waals surface area contributed by atoms with Gasteiger partial charge in [0.1, 0.15) is 12.6 Å². The zero-order valence-electron chi connectivity index (χ0n) is 22.3. The molecule has 4 aromatic carbocycles. The lowest BCUT2D eigenvalue weighted by atomic mass is 10.0. The van der Waals surface area contributed by atoms with Crippen LogP contribution in [-0.2, 0) is 32.6 Å². The number of hydrogen-bond acceptors (Lipinski definition) is 4. The Hall–Kier alpha value is -3.85. The van der Waals surface area contributed by atoms with Crippen LogP contribution >= 0.6 is 23.2 Å². The average Bonchev–Trinajstić information content (AvgIpc) is 3.00. The van der Waals surface area contributed by atoms with Gasteiger partial charge in [-0.25, -0.2) is 8.42 Å². The van der Waals surface area contributed by atoms with Crippen molar-refractivity contribution in [1.82, 2.24) is 10.2 Å². The van der Waals surface area contributed by atoms with Gasteiger partial charge in [0.15, 0.2) is 0 Å². The van der Waals surface area contributed by atoms with E-state index in [1.54, 1.807) is 24.3 Å². The maximum absolute atomic E-state index is 14.2. The van der Waals surface area contributed by atoms with Gasteiger partial charge in [0.25, 0.3) is 10.0 Å². The number of amides is 2. The van der Waals surface area contributed by atoms with Crippen molar-refractivity contribution in [2.45, 2.75) is 23.9 Å². The molecule has 2 amide bonds. The Morgan fingerprint density at radius 1 is 0.780 bits per heavy atom. The highest BCUT2D eigenvalue weighted by Crippen LogP contribution is 2.35. The fourth-order valence-corrected chi connectivity index (χ4v) is 6.31. The quantitative estimate of drug-likeness (QED) is 0.241. The summed E-state index contributed by atoms with van der Waals surface area (Å²) in [6, 6.07) is 30.0. The third kappa shape index (κ3) is 7.27. The van der Waals surface area contributed by atoms with Gasteiger partial charge in [-0.2, -0.15) is 0 Å². The van der Waals surface area contributed by atoms with Crippen LogP contribution in [0.1, 0.15) is 11.1 Å². The van der Waals surface area contributed by atoms with Gasteiger partial charge in [-0.15, -0.1) is 0 Å². The smallest absolute Gasteiger partial charge is 0.264 e. The minimum Gasteiger partial charge on any atom is -0.357 e. The molecule has 4 aromatic rings. The summed E-state index contributed by atoms with van der Waals surface area (Å²) in [5.41, 5.74) is 1.68. The lowest BCUT2D eigenvalue weighted by molar-refractivity contribution is -0.139. The molecule has 1 N–H and O–H groups in total. The van der Waals surface area contributed by atoms with Gasteiger partial charge in [-0.1, -0.05) is 108 Å². The van der Waals surface area contributed by atoms with Gasteiger partial charge in [0.2, 0.25) is 11.8 Å². The number of carbonyl (C=O) groups is 2. The molecular formula is C31H29Cl2N3O4S. The Morgan fingerprint density at radius 2 is 1.34 bits per heavy atom. The number of nitrogens with one attached hydrogen (secondary N) is 1. The van der Waals surface area contributed by atoms with Crippen molar-refractivity contribution in [1.29, 1.82) is 0 Å². The van der Waals surface area contributed by atoms with Crippen LogP contribution < -0.4 is 9.62 Å². The fourth-order valence-electron chi connectivity index (χ4n) is 4.42. The minimum absolute atomic E-state index is 0.0109. The molecule has 7 nitrogen and oxygen atoms in total. The first-order valence-corrected chi connectivity index (χ1v) is 15.0. The van der Waals surface area contributed by atoms with E-state index in [1.807, 2.05) is 60.7 Å². The molecule has 1 atom stereocenters. The molecule has 0 aliphatic rings. The van der Waals surface area contributed by atoms with Crippen LogP contribution in [-0.4, -0.2) is 44.8 Å². The van der Waals surface area contributed by atoms with Crippen LogP contribution in [0.3, 0.4) is 0 Å². The predicted molar refractivity (Wildman–Crippen MR) is 162 cm³/mol. The molecule has 10 heteroatoms. The van der Waals surface area contributed by atoms with E-state index in [4.69, 9.17) is 23.2 Å². The van der Waals surface area contributed by atoms with Crippen molar-refractivity contribution in [3.05, 3.63) is 130 Å². The molecule has 0 heterocycles. The summed E-state index contributed by atoms with van der Waals surface area (Å²) >= 11 is 12.7. The molecule has 0 saturated heterocycles. The van der Waals surface area contributed by atoms with E-state index < -0.39 is 28.5 Å². The molecule has 0 fully saturated rings. The van der Waals surface area contributed by atoms with Crippen LogP contribution in [0.2, 0.25) is 10.0 Å². The van der Waals surface area contributed by atoms with E-state index in [-0.39, 0.29) is 39.5 Å². The highest BCUT2D eigenvalue weighted by Gasteiger charge is 2.35. The summed E-state index contributed by atoms with van der Waals surface area (Å²) in [6.45, 7) is -0.542. The van der Waals surface area contributed by atoms with Gasteiger partial charge in [0, 0.05) is 20.0 Å². The molecule has 212 valence electrons. The number of halogens is 2. The van der Waals surface area contributed by atoms with E-state index >= 15 is 0 Å². The first kappa shape index (κ1) is 30.1. The zero-order chi connectivity index (χ0) is 29.4. The first-order chi connectivity index (χ1) is 19.7. The summed E-state index contributed by atoms with van der Waals surface area (Å²) in [6.07, 6.45) is 0.225. The molecule has 0 aliphatic carbocycles. The second-order valence-electron chi connectivity index (χ2n) is 9.22. The Bertz CT molecular complexity index is 1590. The second-order valence-corrected chi connectivity index (χ2v) is 11.9. The zero-order valence-corrected chi connectivity index (χ0v) is 24.6. The van der Waals surface area contributed by atoms with Gasteiger partial charge in [-0.05, 0) is 35.4 Å². The topological polar surface area (TPSA) is 86.8 Å². The minimum atomic E-state index is -4.26. The summed E-state index contributed by atoms with van der Waals surface area (Å²) in [7, 11) is -2.76. The first-order valence-electron chi connectivity index (χ1n) is 12.8. The number of carbonyl (C=O) groups excluding carboxylic acids is 2.